The molecular weight excluding hydrogens is 284 g/mol. The first-order valence-corrected chi connectivity index (χ1v) is 7.56. The zero-order chi connectivity index (χ0) is 15.9. The Morgan fingerprint density at radius 3 is 1.96 bits per heavy atom. The van der Waals surface area contributed by atoms with Gasteiger partial charge in [0.15, 0.2) is 0 Å². The zero-order valence-electron chi connectivity index (χ0n) is 12.7. The highest BCUT2D eigenvalue weighted by atomic mass is 16.1. The summed E-state index contributed by atoms with van der Waals surface area (Å²) in [6.07, 6.45) is 0.324. The van der Waals surface area contributed by atoms with Gasteiger partial charge in [-0.25, -0.2) is 0 Å². The van der Waals surface area contributed by atoms with Gasteiger partial charge in [0, 0.05) is 17.1 Å². The average molecular weight is 302 g/mol. The van der Waals surface area contributed by atoms with Crippen LogP contribution in [0.25, 0.3) is 0 Å². The smallest absolute Gasteiger partial charge is 0.228 e. The molecule has 1 amide bonds. The second-order valence-corrected chi connectivity index (χ2v) is 5.24. The van der Waals surface area contributed by atoms with Gasteiger partial charge in [0.05, 0.1) is 6.42 Å². The average Bonchev–Trinajstić information content (AvgIpc) is 2.58. The Kier molecular flexibility index (Phi) is 4.69. The number of carbonyl (C=O) groups is 1. The fourth-order valence-corrected chi connectivity index (χ4v) is 2.37. The van der Waals surface area contributed by atoms with Crippen molar-refractivity contribution < 1.29 is 4.79 Å². The molecule has 0 heterocycles. The van der Waals surface area contributed by atoms with Crippen molar-refractivity contribution in [3.8, 4) is 0 Å². The summed E-state index contributed by atoms with van der Waals surface area (Å²) in [5.74, 6) is -0.0292. The van der Waals surface area contributed by atoms with Gasteiger partial charge in [0.25, 0.3) is 0 Å². The molecule has 3 rings (SSSR count). The first kappa shape index (κ1) is 14.9. The first-order valence-electron chi connectivity index (χ1n) is 7.56. The van der Waals surface area contributed by atoms with E-state index in [0.717, 1.165) is 22.6 Å². The third-order valence-corrected chi connectivity index (χ3v) is 3.48. The Morgan fingerprint density at radius 1 is 0.696 bits per heavy atom. The number of rotatable bonds is 5. The number of carbonyl (C=O) groups excluding carboxylic acids is 1. The van der Waals surface area contributed by atoms with Crippen LogP contribution in [0.15, 0.2) is 84.9 Å². The summed E-state index contributed by atoms with van der Waals surface area (Å²) in [7, 11) is 0. The van der Waals surface area contributed by atoms with Crippen molar-refractivity contribution in [3.63, 3.8) is 0 Å². The van der Waals surface area contributed by atoms with Crippen LogP contribution in [0.5, 0.6) is 0 Å². The van der Waals surface area contributed by atoms with Crippen LogP contribution in [0.4, 0.5) is 17.1 Å². The van der Waals surface area contributed by atoms with Crippen LogP contribution < -0.4 is 10.6 Å². The van der Waals surface area contributed by atoms with Gasteiger partial charge >= 0.3 is 0 Å². The van der Waals surface area contributed by atoms with E-state index in [4.69, 9.17) is 0 Å². The molecule has 0 aliphatic heterocycles. The van der Waals surface area contributed by atoms with Crippen LogP contribution >= 0.6 is 0 Å². The van der Waals surface area contributed by atoms with Crippen molar-refractivity contribution >= 4 is 23.0 Å². The van der Waals surface area contributed by atoms with E-state index in [1.165, 1.54) is 0 Å². The van der Waals surface area contributed by atoms with Crippen LogP contribution in [0, 0.1) is 0 Å². The van der Waals surface area contributed by atoms with E-state index in [1.54, 1.807) is 0 Å². The number of nitrogens with one attached hydrogen (secondary N) is 2. The summed E-state index contributed by atoms with van der Waals surface area (Å²) >= 11 is 0. The molecule has 3 aromatic carbocycles. The highest BCUT2D eigenvalue weighted by Gasteiger charge is 2.08. The van der Waals surface area contributed by atoms with Gasteiger partial charge in [-0.3, -0.25) is 4.79 Å². The molecule has 0 spiro atoms. The Morgan fingerprint density at radius 2 is 1.26 bits per heavy atom. The number of hydrogen-bond acceptors (Lipinski definition) is 2. The third-order valence-electron chi connectivity index (χ3n) is 3.48. The lowest BCUT2D eigenvalue weighted by molar-refractivity contribution is -0.115. The van der Waals surface area contributed by atoms with Crippen LogP contribution in [0.1, 0.15) is 5.56 Å². The topological polar surface area (TPSA) is 41.1 Å². The molecule has 0 fully saturated rings. The fourth-order valence-electron chi connectivity index (χ4n) is 2.37. The van der Waals surface area contributed by atoms with Crippen molar-refractivity contribution in [2.24, 2.45) is 0 Å². The molecule has 3 heteroatoms. The number of benzene rings is 3. The van der Waals surface area contributed by atoms with Crippen molar-refractivity contribution in [2.45, 2.75) is 6.42 Å². The highest BCUT2D eigenvalue weighted by Crippen LogP contribution is 2.21. The Hall–Kier alpha value is -3.07. The molecule has 0 unspecified atom stereocenters. The lowest BCUT2D eigenvalue weighted by Gasteiger charge is -2.12. The third kappa shape index (κ3) is 4.20. The lowest BCUT2D eigenvalue weighted by Crippen LogP contribution is -2.15. The van der Waals surface area contributed by atoms with E-state index in [2.05, 4.69) is 10.6 Å². The van der Waals surface area contributed by atoms with Gasteiger partial charge in [0.2, 0.25) is 5.91 Å². The molecule has 2 N–H and O–H groups in total. The molecular formula is C20H18N2O. The molecule has 0 aromatic heterocycles. The molecule has 0 saturated carbocycles. The molecule has 0 atom stereocenters. The summed E-state index contributed by atoms with van der Waals surface area (Å²) in [4.78, 5) is 12.2. The maximum Gasteiger partial charge on any atom is 0.228 e. The Labute approximate surface area is 136 Å². The minimum atomic E-state index is -0.0292. The van der Waals surface area contributed by atoms with Crippen LogP contribution in [0.2, 0.25) is 0 Å². The Bertz CT molecular complexity index is 770. The lowest BCUT2D eigenvalue weighted by atomic mass is 10.1. The van der Waals surface area contributed by atoms with Gasteiger partial charge < -0.3 is 10.6 Å². The largest absolute Gasteiger partial charge is 0.355 e. The van der Waals surface area contributed by atoms with Crippen LogP contribution in [-0.4, -0.2) is 5.91 Å². The summed E-state index contributed by atoms with van der Waals surface area (Å²) in [5, 5.41) is 6.28. The maximum atomic E-state index is 12.2. The Balaban J connectivity index is 1.71. The minimum absolute atomic E-state index is 0.0292. The predicted octanol–water partition coefficient (Wildman–Crippen LogP) is 4.61. The second-order valence-electron chi connectivity index (χ2n) is 5.24. The summed E-state index contributed by atoms with van der Waals surface area (Å²) in [6.45, 7) is 0. The van der Waals surface area contributed by atoms with Crippen molar-refractivity contribution in [1.29, 1.82) is 0 Å². The summed E-state index contributed by atoms with van der Waals surface area (Å²) in [5.41, 5.74) is 3.72. The SMILES string of the molecule is O=C(Cc1ccccc1Nc1ccccc1)Nc1ccccc1. The van der Waals surface area contributed by atoms with E-state index >= 15 is 0 Å². The van der Waals surface area contributed by atoms with Gasteiger partial charge in [-0.2, -0.15) is 0 Å². The number of anilines is 3. The maximum absolute atomic E-state index is 12.2. The zero-order valence-corrected chi connectivity index (χ0v) is 12.7. The molecule has 3 aromatic rings. The molecule has 0 bridgehead atoms. The molecule has 0 saturated heterocycles. The molecule has 23 heavy (non-hydrogen) atoms. The van der Waals surface area contributed by atoms with E-state index in [9.17, 15) is 4.79 Å². The van der Waals surface area contributed by atoms with Crippen LogP contribution in [0.3, 0.4) is 0 Å². The predicted molar refractivity (Wildman–Crippen MR) is 94.9 cm³/mol. The quantitative estimate of drug-likeness (QED) is 0.722. The standard InChI is InChI=1S/C20H18N2O/c23-20(22-18-12-5-2-6-13-18)15-16-9-7-8-14-19(16)21-17-10-3-1-4-11-17/h1-14,21H,15H2,(H,22,23). The van der Waals surface area contributed by atoms with Crippen molar-refractivity contribution in [1.82, 2.24) is 0 Å². The van der Waals surface area contributed by atoms with E-state index in [-0.39, 0.29) is 5.91 Å². The molecule has 0 aliphatic rings. The van der Waals surface area contributed by atoms with Gasteiger partial charge in [-0.05, 0) is 35.9 Å². The fraction of sp³-hybridized carbons (Fsp3) is 0.0500. The van der Waals surface area contributed by atoms with Crippen molar-refractivity contribution in [3.05, 3.63) is 90.5 Å². The summed E-state index contributed by atoms with van der Waals surface area (Å²) in [6, 6.07) is 27.3. The molecule has 114 valence electrons. The number of para-hydroxylation sites is 3. The number of amides is 1. The normalized spacial score (nSPS) is 10.1. The second kappa shape index (κ2) is 7.27. The summed E-state index contributed by atoms with van der Waals surface area (Å²) < 4.78 is 0. The van der Waals surface area contributed by atoms with E-state index in [1.807, 2.05) is 84.9 Å². The van der Waals surface area contributed by atoms with Gasteiger partial charge in [-0.1, -0.05) is 54.6 Å². The van der Waals surface area contributed by atoms with Gasteiger partial charge in [0.1, 0.15) is 0 Å². The number of hydrogen-bond donors (Lipinski definition) is 2. The molecule has 3 nitrogen and oxygen atoms in total. The van der Waals surface area contributed by atoms with E-state index < -0.39 is 0 Å². The highest BCUT2D eigenvalue weighted by molar-refractivity contribution is 5.93. The van der Waals surface area contributed by atoms with Crippen molar-refractivity contribution in [2.75, 3.05) is 10.6 Å². The molecule has 0 aliphatic carbocycles. The van der Waals surface area contributed by atoms with Gasteiger partial charge in [-0.15, -0.1) is 0 Å². The monoisotopic (exact) mass is 302 g/mol. The minimum Gasteiger partial charge on any atom is -0.355 e. The van der Waals surface area contributed by atoms with Crippen LogP contribution in [-0.2, 0) is 11.2 Å². The first-order chi connectivity index (χ1) is 11.3. The van der Waals surface area contributed by atoms with E-state index in [0.29, 0.717) is 6.42 Å². The molecule has 0 radical (unpaired) electrons.